The number of nitrogens with one attached hydrogen (secondary N) is 1. The third-order valence-electron chi connectivity index (χ3n) is 2.95. The average molecular weight is 302 g/mol. The zero-order chi connectivity index (χ0) is 14.0. The summed E-state index contributed by atoms with van der Waals surface area (Å²) in [4.78, 5) is 18.6. The van der Waals surface area contributed by atoms with Gasteiger partial charge in [-0.3, -0.25) is 9.00 Å². The smallest absolute Gasteiger partial charge is 0.265 e. The molecule has 3 N–H and O–H groups in total. The van der Waals surface area contributed by atoms with Crippen molar-refractivity contribution in [1.29, 1.82) is 0 Å². The lowest BCUT2D eigenvalue weighted by Gasteiger charge is -2.22. The van der Waals surface area contributed by atoms with Gasteiger partial charge in [0.15, 0.2) is 5.13 Å². The summed E-state index contributed by atoms with van der Waals surface area (Å²) in [5.74, 6) is 1.41. The van der Waals surface area contributed by atoms with E-state index in [4.69, 9.17) is 5.73 Å². The van der Waals surface area contributed by atoms with Crippen molar-refractivity contribution in [3.8, 4) is 0 Å². The summed E-state index contributed by atoms with van der Waals surface area (Å²) in [6.07, 6.45) is 1.52. The van der Waals surface area contributed by atoms with Crippen LogP contribution in [-0.4, -0.2) is 46.7 Å². The Morgan fingerprint density at radius 3 is 2.63 bits per heavy atom. The Balaban J connectivity index is 2.01. The highest BCUT2D eigenvalue weighted by Gasteiger charge is 2.23. The van der Waals surface area contributed by atoms with E-state index in [2.05, 4.69) is 10.3 Å². The molecule has 1 aromatic rings. The summed E-state index contributed by atoms with van der Waals surface area (Å²) < 4.78 is 11.3. The molecule has 1 aliphatic rings. The van der Waals surface area contributed by atoms with E-state index in [0.717, 1.165) is 12.8 Å². The van der Waals surface area contributed by atoms with Gasteiger partial charge in [-0.15, -0.1) is 0 Å². The molecule has 0 saturated carbocycles. The molecular formula is C11H18N4O2S2. The van der Waals surface area contributed by atoms with Crippen LogP contribution >= 0.6 is 11.3 Å². The van der Waals surface area contributed by atoms with Crippen molar-refractivity contribution in [3.05, 3.63) is 4.88 Å². The van der Waals surface area contributed by atoms with Crippen molar-refractivity contribution >= 4 is 39.0 Å². The van der Waals surface area contributed by atoms with Crippen molar-refractivity contribution in [1.82, 2.24) is 10.3 Å². The van der Waals surface area contributed by atoms with Gasteiger partial charge in [0.05, 0.1) is 0 Å². The Kier molecular flexibility index (Phi) is 4.41. The summed E-state index contributed by atoms with van der Waals surface area (Å²) in [6, 6.07) is 0.0921. The standard InChI is InChI=1S/C11H18N4O2S2/c1-15(2)11-14-9(12)8(18-11)10(16)13-7-3-5-19(17)6-4-7/h7H,3-6,12H2,1-2H3,(H,13,16). The van der Waals surface area contributed by atoms with Crippen LogP contribution < -0.4 is 16.0 Å². The SMILES string of the molecule is CN(C)c1nc(N)c(C(=O)NC2CCS(=O)CC2)s1. The molecule has 1 aromatic heterocycles. The minimum absolute atomic E-state index is 0.0921. The minimum atomic E-state index is -0.719. The van der Waals surface area contributed by atoms with E-state index in [0.29, 0.717) is 21.5 Å². The Morgan fingerprint density at radius 2 is 2.11 bits per heavy atom. The normalized spacial score (nSPS) is 23.1. The molecule has 8 heteroatoms. The fourth-order valence-electron chi connectivity index (χ4n) is 1.86. The topological polar surface area (TPSA) is 88.3 Å². The summed E-state index contributed by atoms with van der Waals surface area (Å²) in [7, 11) is 3.00. The monoisotopic (exact) mass is 302 g/mol. The maximum Gasteiger partial charge on any atom is 0.265 e. The van der Waals surface area contributed by atoms with Gasteiger partial charge < -0.3 is 16.0 Å². The van der Waals surface area contributed by atoms with Gasteiger partial charge >= 0.3 is 0 Å². The van der Waals surface area contributed by atoms with Crippen LogP contribution in [0.25, 0.3) is 0 Å². The third kappa shape index (κ3) is 3.44. The highest BCUT2D eigenvalue weighted by molar-refractivity contribution is 7.85. The first-order valence-electron chi connectivity index (χ1n) is 6.07. The zero-order valence-corrected chi connectivity index (χ0v) is 12.6. The van der Waals surface area contributed by atoms with Gasteiger partial charge in [-0.1, -0.05) is 11.3 Å². The molecule has 2 heterocycles. The number of amides is 1. The second-order valence-electron chi connectivity index (χ2n) is 4.70. The predicted molar refractivity (Wildman–Crippen MR) is 79.2 cm³/mol. The number of nitrogen functional groups attached to an aromatic ring is 1. The van der Waals surface area contributed by atoms with Crippen molar-refractivity contribution in [2.75, 3.05) is 36.2 Å². The van der Waals surface area contributed by atoms with Crippen LogP contribution in [0, 0.1) is 0 Å². The van der Waals surface area contributed by atoms with E-state index in [9.17, 15) is 9.00 Å². The van der Waals surface area contributed by atoms with Gasteiger partial charge in [-0.2, -0.15) is 0 Å². The van der Waals surface area contributed by atoms with Crippen LogP contribution in [0.15, 0.2) is 0 Å². The summed E-state index contributed by atoms with van der Waals surface area (Å²) in [6.45, 7) is 0. The molecule has 6 nitrogen and oxygen atoms in total. The third-order valence-corrected chi connectivity index (χ3v) is 5.57. The molecular weight excluding hydrogens is 284 g/mol. The number of nitrogens with zero attached hydrogens (tertiary/aromatic N) is 2. The first-order chi connectivity index (χ1) is 8.97. The zero-order valence-electron chi connectivity index (χ0n) is 11.0. The molecule has 0 unspecified atom stereocenters. The number of hydrogen-bond acceptors (Lipinski definition) is 6. The van der Waals surface area contributed by atoms with Gasteiger partial charge in [0.1, 0.15) is 10.7 Å². The second kappa shape index (κ2) is 5.87. The molecule has 0 bridgehead atoms. The van der Waals surface area contributed by atoms with Crippen molar-refractivity contribution in [3.63, 3.8) is 0 Å². The molecule has 1 aliphatic heterocycles. The number of hydrogen-bond donors (Lipinski definition) is 2. The van der Waals surface area contributed by atoms with Crippen molar-refractivity contribution in [2.45, 2.75) is 18.9 Å². The Hall–Kier alpha value is -1.15. The largest absolute Gasteiger partial charge is 0.382 e. The predicted octanol–water partition coefficient (Wildman–Crippen LogP) is 0.432. The van der Waals surface area contributed by atoms with Gasteiger partial charge in [0.2, 0.25) is 0 Å². The van der Waals surface area contributed by atoms with Crippen LogP contribution in [0.4, 0.5) is 10.9 Å². The molecule has 0 aromatic carbocycles. The molecule has 2 rings (SSSR count). The number of nitrogens with two attached hydrogens (primary N) is 1. The summed E-state index contributed by atoms with van der Waals surface area (Å²) in [5, 5.41) is 3.66. The molecule has 106 valence electrons. The lowest BCUT2D eigenvalue weighted by Crippen LogP contribution is -2.39. The number of carbonyl (C=O) groups is 1. The van der Waals surface area contributed by atoms with Crippen LogP contribution in [0.5, 0.6) is 0 Å². The van der Waals surface area contributed by atoms with Gasteiger partial charge in [0.25, 0.3) is 5.91 Å². The lowest BCUT2D eigenvalue weighted by molar-refractivity contribution is 0.0939. The van der Waals surface area contributed by atoms with E-state index in [1.807, 2.05) is 19.0 Å². The van der Waals surface area contributed by atoms with Gasteiger partial charge in [0, 0.05) is 42.4 Å². The molecule has 1 amide bonds. The Labute approximate surface area is 118 Å². The van der Waals surface area contributed by atoms with E-state index < -0.39 is 10.8 Å². The summed E-state index contributed by atoms with van der Waals surface area (Å²) in [5.41, 5.74) is 5.77. The molecule has 1 fully saturated rings. The highest BCUT2D eigenvalue weighted by atomic mass is 32.2. The van der Waals surface area contributed by atoms with Crippen LogP contribution in [0.2, 0.25) is 0 Å². The minimum Gasteiger partial charge on any atom is -0.382 e. The van der Waals surface area contributed by atoms with Crippen LogP contribution in [0.3, 0.4) is 0 Å². The summed E-state index contributed by atoms with van der Waals surface area (Å²) >= 11 is 1.28. The first-order valence-corrected chi connectivity index (χ1v) is 8.37. The van der Waals surface area contributed by atoms with Gasteiger partial charge in [-0.05, 0) is 12.8 Å². The van der Waals surface area contributed by atoms with Crippen molar-refractivity contribution < 1.29 is 9.00 Å². The second-order valence-corrected chi connectivity index (χ2v) is 7.37. The number of rotatable bonds is 3. The number of anilines is 2. The fourth-order valence-corrected chi connectivity index (χ4v) is 3.97. The van der Waals surface area contributed by atoms with E-state index in [-0.39, 0.29) is 17.8 Å². The van der Waals surface area contributed by atoms with Gasteiger partial charge in [-0.25, -0.2) is 4.98 Å². The molecule has 0 radical (unpaired) electrons. The maximum atomic E-state index is 12.1. The first kappa shape index (κ1) is 14.3. The lowest BCUT2D eigenvalue weighted by atomic mass is 10.1. The number of thiazole rings is 1. The van der Waals surface area contributed by atoms with E-state index >= 15 is 0 Å². The number of aromatic nitrogens is 1. The van der Waals surface area contributed by atoms with Crippen LogP contribution in [-0.2, 0) is 10.8 Å². The van der Waals surface area contributed by atoms with E-state index in [1.165, 1.54) is 11.3 Å². The quantitative estimate of drug-likeness (QED) is 0.845. The molecule has 19 heavy (non-hydrogen) atoms. The van der Waals surface area contributed by atoms with Crippen molar-refractivity contribution in [2.24, 2.45) is 0 Å². The molecule has 0 spiro atoms. The van der Waals surface area contributed by atoms with Crippen LogP contribution in [0.1, 0.15) is 22.5 Å². The fraction of sp³-hybridized carbons (Fsp3) is 0.636. The Morgan fingerprint density at radius 1 is 1.47 bits per heavy atom. The molecule has 1 saturated heterocycles. The maximum absolute atomic E-state index is 12.1. The molecule has 0 atom stereocenters. The molecule has 0 aliphatic carbocycles. The Bertz CT molecular complexity index is 491. The van der Waals surface area contributed by atoms with E-state index in [1.54, 1.807) is 0 Å². The highest BCUT2D eigenvalue weighted by Crippen LogP contribution is 2.26. The number of carbonyl (C=O) groups excluding carboxylic acids is 1. The average Bonchev–Trinajstić information content (AvgIpc) is 2.74.